The van der Waals surface area contributed by atoms with Gasteiger partial charge in [-0.25, -0.2) is 0 Å². The summed E-state index contributed by atoms with van der Waals surface area (Å²) in [6.45, 7) is 1.04. The number of amides is 1. The predicted octanol–water partition coefficient (Wildman–Crippen LogP) is 4.67. The number of carbonyl (C=O) groups is 1. The minimum absolute atomic E-state index is 0.0286. The Hall–Kier alpha value is -4.26. The topological polar surface area (TPSA) is 69.9 Å². The van der Waals surface area contributed by atoms with Crippen molar-refractivity contribution in [3.8, 4) is 34.3 Å². The minimum Gasteiger partial charge on any atom is -0.493 e. The second-order valence-corrected chi connectivity index (χ2v) is 8.94. The lowest BCUT2D eigenvalue weighted by atomic mass is 9.89. The van der Waals surface area contributed by atoms with Crippen molar-refractivity contribution in [2.75, 3.05) is 26.3 Å². The van der Waals surface area contributed by atoms with Crippen molar-refractivity contribution in [1.82, 2.24) is 0 Å². The number of hydrogen-bond donors (Lipinski definition) is 1. The van der Waals surface area contributed by atoms with Gasteiger partial charge in [0.05, 0.1) is 25.2 Å². The van der Waals surface area contributed by atoms with Crippen molar-refractivity contribution >= 4 is 22.4 Å². The van der Waals surface area contributed by atoms with Crippen molar-refractivity contribution in [3.63, 3.8) is 0 Å². The van der Waals surface area contributed by atoms with Crippen LogP contribution in [0.25, 0.3) is 22.0 Å². The number of aromatic nitrogens is 1. The number of benzene rings is 3. The summed E-state index contributed by atoms with van der Waals surface area (Å²) in [7, 11) is 3.30. The number of para-hydroxylation sites is 1. The number of carbonyl (C=O) groups excluding carboxylic acids is 1. The zero-order valence-electron chi connectivity index (χ0n) is 20.3. The van der Waals surface area contributed by atoms with Crippen molar-refractivity contribution in [3.05, 3.63) is 71.9 Å². The second kappa shape index (κ2) is 9.07. The second-order valence-electron chi connectivity index (χ2n) is 8.94. The maximum atomic E-state index is 12.9. The zero-order chi connectivity index (χ0) is 24.6. The molecule has 0 aliphatic carbocycles. The molecule has 1 aromatic heterocycles. The SMILES string of the molecule is COc1ccc2c(CCC(=O)Nc3ccccc3)c3[n+](cc2c1OC)CCc1cc2c(cc1-3)OCO2. The molecular weight excluding hydrogens is 456 g/mol. The molecule has 0 bridgehead atoms. The Kier molecular flexibility index (Phi) is 5.60. The number of nitrogens with one attached hydrogen (secondary N) is 1. The van der Waals surface area contributed by atoms with E-state index in [4.69, 9.17) is 18.9 Å². The van der Waals surface area contributed by atoms with Gasteiger partial charge in [-0.15, -0.1) is 0 Å². The van der Waals surface area contributed by atoms with E-state index in [-0.39, 0.29) is 12.7 Å². The van der Waals surface area contributed by atoms with Crippen molar-refractivity contribution in [1.29, 1.82) is 0 Å². The molecule has 1 N–H and O–H groups in total. The molecule has 0 atom stereocenters. The van der Waals surface area contributed by atoms with Crippen LogP contribution in [-0.4, -0.2) is 26.9 Å². The number of ether oxygens (including phenoxy) is 4. The Bertz CT molecular complexity index is 1480. The van der Waals surface area contributed by atoms with Gasteiger partial charge >= 0.3 is 0 Å². The molecule has 1 amide bonds. The van der Waals surface area contributed by atoms with Crippen LogP contribution in [0.2, 0.25) is 0 Å². The average Bonchev–Trinajstić information content (AvgIpc) is 3.37. The van der Waals surface area contributed by atoms with Gasteiger partial charge in [-0.2, -0.15) is 4.57 Å². The van der Waals surface area contributed by atoms with Gasteiger partial charge in [-0.1, -0.05) is 18.2 Å². The van der Waals surface area contributed by atoms with E-state index in [0.29, 0.717) is 24.3 Å². The van der Waals surface area contributed by atoms with Crippen LogP contribution in [0.5, 0.6) is 23.0 Å². The fraction of sp³-hybridized carbons (Fsp3) is 0.241. The molecular formula is C29H27N2O5+. The molecule has 0 saturated carbocycles. The molecule has 0 saturated heterocycles. The number of methoxy groups -OCH3 is 2. The highest BCUT2D eigenvalue weighted by Gasteiger charge is 2.32. The lowest BCUT2D eigenvalue weighted by Crippen LogP contribution is -2.41. The van der Waals surface area contributed by atoms with Gasteiger partial charge in [-0.05, 0) is 48.4 Å². The molecule has 0 fully saturated rings. The third kappa shape index (κ3) is 3.77. The Morgan fingerprint density at radius 1 is 1.00 bits per heavy atom. The summed E-state index contributed by atoms with van der Waals surface area (Å²) in [4.78, 5) is 12.9. The van der Waals surface area contributed by atoms with Gasteiger partial charge in [-0.3, -0.25) is 4.79 Å². The third-order valence-electron chi connectivity index (χ3n) is 6.90. The molecule has 0 spiro atoms. The fourth-order valence-electron chi connectivity index (χ4n) is 5.25. The lowest BCUT2D eigenvalue weighted by molar-refractivity contribution is -0.686. The number of fused-ring (bicyclic) bond motifs is 5. The Labute approximate surface area is 209 Å². The normalized spacial score (nSPS) is 13.2. The van der Waals surface area contributed by atoms with Gasteiger partial charge < -0.3 is 24.3 Å². The van der Waals surface area contributed by atoms with E-state index in [1.54, 1.807) is 14.2 Å². The standard InChI is InChI=1S/C29H26N2O5/c1-33-24-10-8-20-21(9-11-27(32)30-19-6-4-3-5-7-19)28-22-15-26-25(35-17-36-26)14-18(22)12-13-31(28)16-23(20)29(24)34-2/h3-8,10,14-16H,9,11-13,17H2,1-2H3/p+1. The first-order valence-electron chi connectivity index (χ1n) is 12.0. The summed E-state index contributed by atoms with van der Waals surface area (Å²) in [5.41, 5.74) is 5.31. The van der Waals surface area contributed by atoms with Gasteiger partial charge in [0, 0.05) is 29.5 Å². The summed E-state index contributed by atoms with van der Waals surface area (Å²) in [5.74, 6) is 2.88. The first kappa shape index (κ1) is 22.2. The molecule has 3 aromatic carbocycles. The van der Waals surface area contributed by atoms with Crippen LogP contribution < -0.4 is 28.8 Å². The number of hydrogen-bond acceptors (Lipinski definition) is 5. The Morgan fingerprint density at radius 3 is 2.58 bits per heavy atom. The van der Waals surface area contributed by atoms with Crippen molar-refractivity contribution in [2.24, 2.45) is 0 Å². The van der Waals surface area contributed by atoms with E-state index in [0.717, 1.165) is 57.7 Å². The average molecular weight is 484 g/mol. The van der Waals surface area contributed by atoms with Crippen LogP contribution in [0.1, 0.15) is 17.5 Å². The summed E-state index contributed by atoms with van der Waals surface area (Å²) in [6, 6.07) is 17.7. The number of anilines is 1. The smallest absolute Gasteiger partial charge is 0.231 e. The van der Waals surface area contributed by atoms with Crippen LogP contribution in [0.15, 0.2) is 60.8 Å². The number of pyridine rings is 1. The number of rotatable bonds is 6. The van der Waals surface area contributed by atoms with E-state index in [1.165, 1.54) is 5.56 Å². The summed E-state index contributed by atoms with van der Waals surface area (Å²) >= 11 is 0. The number of nitrogens with zero attached hydrogens (tertiary/aromatic N) is 1. The first-order chi connectivity index (χ1) is 17.7. The molecule has 2 aliphatic heterocycles. The number of aryl methyl sites for hydroxylation is 3. The highest BCUT2D eigenvalue weighted by atomic mass is 16.7. The third-order valence-corrected chi connectivity index (χ3v) is 6.90. The van der Waals surface area contributed by atoms with Gasteiger partial charge in [0.25, 0.3) is 0 Å². The summed E-state index contributed by atoms with van der Waals surface area (Å²) < 4.78 is 24.9. The molecule has 4 aromatic rings. The van der Waals surface area contributed by atoms with Crippen LogP contribution in [-0.2, 0) is 24.2 Å². The molecule has 3 heterocycles. The van der Waals surface area contributed by atoms with Gasteiger partial charge in [0.2, 0.25) is 18.4 Å². The summed E-state index contributed by atoms with van der Waals surface area (Å²) in [5, 5.41) is 5.01. The largest absolute Gasteiger partial charge is 0.493 e. The van der Waals surface area contributed by atoms with E-state index < -0.39 is 0 Å². The first-order valence-corrected chi connectivity index (χ1v) is 12.0. The monoisotopic (exact) mass is 483 g/mol. The summed E-state index contributed by atoms with van der Waals surface area (Å²) in [6.07, 6.45) is 3.91. The van der Waals surface area contributed by atoms with Gasteiger partial charge in [0.15, 0.2) is 35.7 Å². The molecule has 7 heteroatoms. The highest BCUT2D eigenvalue weighted by molar-refractivity contribution is 5.96. The fourth-order valence-corrected chi connectivity index (χ4v) is 5.25. The maximum Gasteiger partial charge on any atom is 0.231 e. The minimum atomic E-state index is -0.0286. The van der Waals surface area contributed by atoms with E-state index in [9.17, 15) is 4.79 Å². The Morgan fingerprint density at radius 2 is 1.81 bits per heavy atom. The van der Waals surface area contributed by atoms with E-state index in [2.05, 4.69) is 34.3 Å². The lowest BCUT2D eigenvalue weighted by Gasteiger charge is -2.21. The Balaban J connectivity index is 1.48. The maximum absolute atomic E-state index is 12.9. The molecule has 36 heavy (non-hydrogen) atoms. The van der Waals surface area contributed by atoms with Crippen LogP contribution in [0.3, 0.4) is 0 Å². The van der Waals surface area contributed by atoms with Crippen LogP contribution in [0, 0.1) is 0 Å². The van der Waals surface area contributed by atoms with Gasteiger partial charge in [0.1, 0.15) is 0 Å². The molecule has 7 nitrogen and oxygen atoms in total. The highest BCUT2D eigenvalue weighted by Crippen LogP contribution is 2.43. The predicted molar refractivity (Wildman–Crippen MR) is 136 cm³/mol. The zero-order valence-corrected chi connectivity index (χ0v) is 20.3. The van der Waals surface area contributed by atoms with E-state index in [1.807, 2.05) is 36.4 Å². The van der Waals surface area contributed by atoms with Crippen LogP contribution in [0.4, 0.5) is 5.69 Å². The van der Waals surface area contributed by atoms with Crippen molar-refractivity contribution < 1.29 is 28.3 Å². The molecule has 2 aliphatic rings. The quantitative estimate of drug-likeness (QED) is 0.404. The molecule has 0 radical (unpaired) electrons. The van der Waals surface area contributed by atoms with E-state index >= 15 is 0 Å². The molecule has 182 valence electrons. The van der Waals surface area contributed by atoms with Crippen molar-refractivity contribution in [2.45, 2.75) is 25.8 Å². The molecule has 6 rings (SSSR count). The molecule has 0 unspecified atom stereocenters. The van der Waals surface area contributed by atoms with Crippen LogP contribution >= 0.6 is 0 Å².